The molecule has 0 aliphatic carbocycles. The molecule has 2 aliphatic rings. The highest BCUT2D eigenvalue weighted by atomic mass is 16.5. The van der Waals surface area contributed by atoms with Crippen molar-refractivity contribution in [2.45, 2.75) is 12.6 Å². The molecular formula is C22H24N6O6. The molecule has 0 N–H and O–H groups in total. The Kier molecular flexibility index (Phi) is 5.44. The lowest BCUT2D eigenvalue weighted by Gasteiger charge is -2.37. The van der Waals surface area contributed by atoms with E-state index in [0.29, 0.717) is 37.7 Å². The zero-order valence-corrected chi connectivity index (χ0v) is 18.8. The molecule has 1 atom stereocenters. The number of rotatable bonds is 3. The predicted molar refractivity (Wildman–Crippen MR) is 121 cm³/mol. The zero-order valence-electron chi connectivity index (χ0n) is 18.8. The van der Waals surface area contributed by atoms with Gasteiger partial charge in [-0.3, -0.25) is 19.0 Å². The summed E-state index contributed by atoms with van der Waals surface area (Å²) in [6, 6.07) is 6.88. The number of nitrogens with zero attached hydrogens (tertiary/aromatic N) is 6. The fourth-order valence-corrected chi connectivity index (χ4v) is 4.34. The van der Waals surface area contributed by atoms with Gasteiger partial charge in [0.2, 0.25) is 5.91 Å². The molecule has 2 amide bonds. The maximum absolute atomic E-state index is 13.4. The van der Waals surface area contributed by atoms with Crippen LogP contribution in [0, 0.1) is 0 Å². The zero-order chi connectivity index (χ0) is 24.0. The molecule has 2 aromatic heterocycles. The van der Waals surface area contributed by atoms with E-state index in [2.05, 4.69) is 4.98 Å². The van der Waals surface area contributed by atoms with E-state index in [9.17, 15) is 19.2 Å². The molecule has 1 fully saturated rings. The molecule has 2 aliphatic heterocycles. The number of aromatic nitrogens is 4. The Bertz CT molecular complexity index is 1400. The van der Waals surface area contributed by atoms with E-state index in [1.165, 1.54) is 27.4 Å². The van der Waals surface area contributed by atoms with E-state index in [4.69, 9.17) is 9.47 Å². The number of imidazole rings is 1. The summed E-state index contributed by atoms with van der Waals surface area (Å²) < 4.78 is 14.9. The van der Waals surface area contributed by atoms with Crippen LogP contribution < -0.4 is 20.9 Å². The Morgan fingerprint density at radius 3 is 2.62 bits per heavy atom. The number of fused-ring (bicyclic) bond motifs is 2. The van der Waals surface area contributed by atoms with Crippen LogP contribution in [0.1, 0.15) is 0 Å². The third-order valence-electron chi connectivity index (χ3n) is 6.17. The monoisotopic (exact) mass is 468 g/mol. The second-order valence-electron chi connectivity index (χ2n) is 8.28. The van der Waals surface area contributed by atoms with E-state index in [1.807, 2.05) is 0 Å². The summed E-state index contributed by atoms with van der Waals surface area (Å²) in [4.78, 5) is 59.6. The average molecular weight is 468 g/mol. The van der Waals surface area contributed by atoms with Crippen molar-refractivity contribution in [2.75, 3.05) is 37.7 Å². The molecule has 178 valence electrons. The van der Waals surface area contributed by atoms with Gasteiger partial charge in [0.05, 0.1) is 31.8 Å². The first-order valence-corrected chi connectivity index (χ1v) is 10.9. The van der Waals surface area contributed by atoms with Crippen LogP contribution in [-0.4, -0.2) is 74.4 Å². The number of hydrogen-bond donors (Lipinski definition) is 0. The standard InChI is InChI=1S/C22H24N6O6/c1-24-13-23-19-18(24)21(31)28(22(32)25(19)2)12-17(29)27-11-16(20(30)26-7-9-33-10-8-26)34-15-6-4-3-5-14(15)27/h3-6,13,16H,7-12H2,1-2H3. The van der Waals surface area contributed by atoms with Crippen molar-refractivity contribution in [3.8, 4) is 5.75 Å². The Morgan fingerprint density at radius 2 is 1.85 bits per heavy atom. The highest BCUT2D eigenvalue weighted by Gasteiger charge is 2.36. The van der Waals surface area contributed by atoms with E-state index in [0.717, 1.165) is 4.57 Å². The summed E-state index contributed by atoms with van der Waals surface area (Å²) in [5.74, 6) is -0.354. The molecule has 3 aromatic rings. The summed E-state index contributed by atoms with van der Waals surface area (Å²) in [7, 11) is 3.15. The van der Waals surface area contributed by atoms with E-state index in [-0.39, 0.29) is 23.6 Å². The van der Waals surface area contributed by atoms with Crippen LogP contribution in [0.15, 0.2) is 40.2 Å². The second-order valence-corrected chi connectivity index (χ2v) is 8.28. The third kappa shape index (κ3) is 3.55. The molecule has 0 bridgehead atoms. The molecule has 4 heterocycles. The van der Waals surface area contributed by atoms with Gasteiger partial charge in [0.25, 0.3) is 11.5 Å². The number of hydrogen-bond acceptors (Lipinski definition) is 7. The quantitative estimate of drug-likeness (QED) is 0.488. The van der Waals surface area contributed by atoms with E-state index < -0.39 is 29.8 Å². The van der Waals surface area contributed by atoms with Gasteiger partial charge in [0, 0.05) is 27.2 Å². The third-order valence-corrected chi connectivity index (χ3v) is 6.17. The lowest BCUT2D eigenvalue weighted by Crippen LogP contribution is -2.55. The SMILES string of the molecule is Cn1cnc2c1c(=O)n(CC(=O)N1CC(C(=O)N3CCOCC3)Oc3ccccc31)c(=O)n2C. The molecule has 1 saturated heterocycles. The molecule has 12 heteroatoms. The largest absolute Gasteiger partial charge is 0.476 e. The van der Waals surface area contributed by atoms with Crippen molar-refractivity contribution in [1.82, 2.24) is 23.6 Å². The minimum absolute atomic E-state index is 0.0327. The highest BCUT2D eigenvalue weighted by molar-refractivity contribution is 5.97. The van der Waals surface area contributed by atoms with Crippen LogP contribution in [0.4, 0.5) is 5.69 Å². The molecule has 0 spiro atoms. The van der Waals surface area contributed by atoms with Crippen LogP contribution in [0.5, 0.6) is 5.75 Å². The Balaban J connectivity index is 1.48. The fourth-order valence-electron chi connectivity index (χ4n) is 4.34. The van der Waals surface area contributed by atoms with Crippen LogP contribution >= 0.6 is 0 Å². The van der Waals surface area contributed by atoms with Gasteiger partial charge in [-0.05, 0) is 12.1 Å². The van der Waals surface area contributed by atoms with E-state index >= 15 is 0 Å². The maximum atomic E-state index is 13.4. The topological polar surface area (TPSA) is 121 Å². The molecule has 1 unspecified atom stereocenters. The molecule has 0 radical (unpaired) electrons. The Labute approximate surface area is 193 Å². The summed E-state index contributed by atoms with van der Waals surface area (Å²) in [6.07, 6.45) is 0.536. The molecular weight excluding hydrogens is 444 g/mol. The summed E-state index contributed by atoms with van der Waals surface area (Å²) >= 11 is 0. The van der Waals surface area contributed by atoms with Gasteiger partial charge in [-0.15, -0.1) is 0 Å². The molecule has 1 aromatic carbocycles. The van der Waals surface area contributed by atoms with Gasteiger partial charge >= 0.3 is 5.69 Å². The smallest absolute Gasteiger partial charge is 0.332 e. The fraction of sp³-hybridized carbons (Fsp3) is 0.409. The number of carbonyl (C=O) groups is 2. The van der Waals surface area contributed by atoms with Gasteiger partial charge < -0.3 is 23.8 Å². The Hall–Kier alpha value is -3.93. The van der Waals surface area contributed by atoms with Gasteiger partial charge in [-0.1, -0.05) is 12.1 Å². The van der Waals surface area contributed by atoms with Gasteiger partial charge in [0.1, 0.15) is 12.3 Å². The van der Waals surface area contributed by atoms with Crippen LogP contribution in [0.2, 0.25) is 0 Å². The molecule has 5 rings (SSSR count). The molecule has 12 nitrogen and oxygen atoms in total. The number of carbonyl (C=O) groups excluding carboxylic acids is 2. The first kappa shape index (κ1) is 21.9. The summed E-state index contributed by atoms with van der Waals surface area (Å²) in [5.41, 5.74) is -0.308. The van der Waals surface area contributed by atoms with Crippen molar-refractivity contribution in [2.24, 2.45) is 14.1 Å². The number of aryl methyl sites for hydroxylation is 2. The van der Waals surface area contributed by atoms with Crippen molar-refractivity contribution in [3.05, 3.63) is 51.4 Å². The van der Waals surface area contributed by atoms with Gasteiger partial charge in [-0.2, -0.15) is 0 Å². The van der Waals surface area contributed by atoms with Crippen LogP contribution in [-0.2, 0) is 35.0 Å². The Morgan fingerprint density at radius 1 is 1.12 bits per heavy atom. The summed E-state index contributed by atoms with van der Waals surface area (Å²) in [6.45, 7) is 1.27. The molecule has 0 saturated carbocycles. The molecule has 34 heavy (non-hydrogen) atoms. The van der Waals surface area contributed by atoms with Crippen LogP contribution in [0.25, 0.3) is 11.2 Å². The first-order valence-electron chi connectivity index (χ1n) is 10.9. The number of amides is 2. The van der Waals surface area contributed by atoms with Crippen molar-refractivity contribution < 1.29 is 19.1 Å². The van der Waals surface area contributed by atoms with E-state index in [1.54, 1.807) is 36.2 Å². The van der Waals surface area contributed by atoms with Crippen LogP contribution in [0.3, 0.4) is 0 Å². The minimum atomic E-state index is -0.906. The maximum Gasteiger partial charge on any atom is 0.332 e. The van der Waals surface area contributed by atoms with Crippen molar-refractivity contribution >= 4 is 28.7 Å². The van der Waals surface area contributed by atoms with Gasteiger partial charge in [-0.25, -0.2) is 14.3 Å². The normalized spacial score (nSPS) is 18.0. The van der Waals surface area contributed by atoms with Crippen molar-refractivity contribution in [3.63, 3.8) is 0 Å². The number of anilines is 1. The van der Waals surface area contributed by atoms with Crippen molar-refractivity contribution in [1.29, 1.82) is 0 Å². The average Bonchev–Trinajstić information content (AvgIpc) is 3.26. The number of para-hydroxylation sites is 2. The number of morpholine rings is 1. The first-order chi connectivity index (χ1) is 16.4. The van der Waals surface area contributed by atoms with Gasteiger partial charge in [0.15, 0.2) is 17.3 Å². The summed E-state index contributed by atoms with van der Waals surface area (Å²) in [5, 5.41) is 0. The number of benzene rings is 1. The minimum Gasteiger partial charge on any atom is -0.476 e. The lowest BCUT2D eigenvalue weighted by atomic mass is 10.1. The highest BCUT2D eigenvalue weighted by Crippen LogP contribution is 2.33. The number of ether oxygens (including phenoxy) is 2. The predicted octanol–water partition coefficient (Wildman–Crippen LogP) is -0.913. The second kappa shape index (κ2) is 8.45. The lowest BCUT2D eigenvalue weighted by molar-refractivity contribution is -0.142.